The number of hydrogen-bond acceptors (Lipinski definition) is 2. The molecule has 0 atom stereocenters. The van der Waals surface area contributed by atoms with Crippen LogP contribution in [0.5, 0.6) is 0 Å². The Labute approximate surface area is 88.7 Å². The molecule has 0 aliphatic rings. The van der Waals surface area contributed by atoms with Crippen molar-refractivity contribution in [2.45, 2.75) is 54.0 Å². The molecule has 0 fully saturated rings. The maximum absolute atomic E-state index is 8.88. The van der Waals surface area contributed by atoms with Crippen molar-refractivity contribution >= 4 is 0 Å². The van der Waals surface area contributed by atoms with Gasteiger partial charge in [-0.1, -0.05) is 34.6 Å². The van der Waals surface area contributed by atoms with E-state index in [2.05, 4.69) is 46.0 Å². The van der Waals surface area contributed by atoms with Crippen molar-refractivity contribution in [1.29, 1.82) is 5.26 Å². The van der Waals surface area contributed by atoms with Crippen molar-refractivity contribution in [3.05, 3.63) is 0 Å². The van der Waals surface area contributed by atoms with Gasteiger partial charge < -0.3 is 0 Å². The Morgan fingerprint density at radius 3 is 1.71 bits per heavy atom. The second-order valence-corrected chi connectivity index (χ2v) is 6.22. The Morgan fingerprint density at radius 1 is 1.00 bits per heavy atom. The lowest BCUT2D eigenvalue weighted by Gasteiger charge is -2.40. The molecule has 0 saturated carbocycles. The Bertz CT molecular complexity index is 226. The van der Waals surface area contributed by atoms with Crippen LogP contribution in [0, 0.1) is 22.2 Å². The summed E-state index contributed by atoms with van der Waals surface area (Å²) in [6.07, 6.45) is 0. The molecule has 0 amide bonds. The molecule has 0 aromatic heterocycles. The Balaban J connectivity index is 4.36. The van der Waals surface area contributed by atoms with Gasteiger partial charge in [0, 0.05) is 6.54 Å². The summed E-state index contributed by atoms with van der Waals surface area (Å²) in [5, 5.41) is 12.2. The molecule has 0 saturated heterocycles. The molecule has 2 nitrogen and oxygen atoms in total. The largest absolute Gasteiger partial charge is 0.299 e. The van der Waals surface area contributed by atoms with Crippen molar-refractivity contribution in [2.75, 3.05) is 6.54 Å². The molecule has 0 aromatic rings. The average molecular weight is 196 g/mol. The SMILES string of the molecule is CC(C)(C#N)NCC(C)(C)C(C)(C)C. The molecule has 0 aliphatic carbocycles. The fourth-order valence-corrected chi connectivity index (χ4v) is 0.747. The molecule has 0 rings (SSSR count). The molecule has 0 radical (unpaired) electrons. The van der Waals surface area contributed by atoms with Crippen LogP contribution < -0.4 is 5.32 Å². The van der Waals surface area contributed by atoms with Gasteiger partial charge in [-0.2, -0.15) is 5.26 Å². The Kier molecular flexibility index (Phi) is 3.75. The maximum Gasteiger partial charge on any atom is 0.101 e. The number of nitrogens with zero attached hydrogens (tertiary/aromatic N) is 1. The highest BCUT2D eigenvalue weighted by Crippen LogP contribution is 2.37. The number of nitrogens with one attached hydrogen (secondary N) is 1. The lowest BCUT2D eigenvalue weighted by atomic mass is 9.69. The van der Waals surface area contributed by atoms with Crippen molar-refractivity contribution in [3.63, 3.8) is 0 Å². The molecule has 2 heteroatoms. The lowest BCUT2D eigenvalue weighted by molar-refractivity contribution is 0.122. The van der Waals surface area contributed by atoms with Gasteiger partial charge in [0.2, 0.25) is 0 Å². The summed E-state index contributed by atoms with van der Waals surface area (Å²) < 4.78 is 0. The third-order valence-corrected chi connectivity index (χ3v) is 3.28. The number of rotatable bonds is 3. The van der Waals surface area contributed by atoms with Gasteiger partial charge in [0.1, 0.15) is 5.54 Å². The molecule has 14 heavy (non-hydrogen) atoms. The molecule has 0 bridgehead atoms. The smallest absolute Gasteiger partial charge is 0.101 e. The second-order valence-electron chi connectivity index (χ2n) is 6.22. The monoisotopic (exact) mass is 196 g/mol. The number of nitriles is 1. The van der Waals surface area contributed by atoms with Crippen LogP contribution in [0.2, 0.25) is 0 Å². The van der Waals surface area contributed by atoms with Crippen LogP contribution in [-0.4, -0.2) is 12.1 Å². The van der Waals surface area contributed by atoms with Gasteiger partial charge in [-0.15, -0.1) is 0 Å². The summed E-state index contributed by atoms with van der Waals surface area (Å²) in [6, 6.07) is 2.25. The molecular weight excluding hydrogens is 172 g/mol. The van der Waals surface area contributed by atoms with Crippen LogP contribution in [0.4, 0.5) is 0 Å². The minimum Gasteiger partial charge on any atom is -0.299 e. The molecule has 0 unspecified atom stereocenters. The summed E-state index contributed by atoms with van der Waals surface area (Å²) in [5.41, 5.74) is -0.00479. The maximum atomic E-state index is 8.88. The van der Waals surface area contributed by atoms with Crippen LogP contribution in [0.3, 0.4) is 0 Å². The first-order valence-electron chi connectivity index (χ1n) is 5.18. The topological polar surface area (TPSA) is 35.8 Å². The summed E-state index contributed by atoms with van der Waals surface area (Å²) in [5.74, 6) is 0. The van der Waals surface area contributed by atoms with Crippen molar-refractivity contribution < 1.29 is 0 Å². The van der Waals surface area contributed by atoms with E-state index < -0.39 is 5.54 Å². The van der Waals surface area contributed by atoms with Gasteiger partial charge in [-0.25, -0.2) is 0 Å². The zero-order valence-corrected chi connectivity index (χ0v) is 10.7. The molecule has 0 spiro atoms. The van der Waals surface area contributed by atoms with Gasteiger partial charge in [0.05, 0.1) is 6.07 Å². The van der Waals surface area contributed by atoms with E-state index in [1.807, 2.05) is 13.8 Å². The fourth-order valence-electron chi connectivity index (χ4n) is 0.747. The van der Waals surface area contributed by atoms with Gasteiger partial charge in [0.25, 0.3) is 0 Å². The van der Waals surface area contributed by atoms with E-state index in [-0.39, 0.29) is 10.8 Å². The predicted molar refractivity (Wildman–Crippen MR) is 60.9 cm³/mol. The quantitative estimate of drug-likeness (QED) is 0.753. The second kappa shape index (κ2) is 3.90. The standard InChI is InChI=1S/C12H24N2/c1-10(2,3)11(4,5)9-14-12(6,7)8-13/h14H,9H2,1-7H3. The van der Waals surface area contributed by atoms with E-state index in [9.17, 15) is 0 Å². The minimum atomic E-state index is -0.428. The minimum absolute atomic E-state index is 0.182. The van der Waals surface area contributed by atoms with Gasteiger partial charge >= 0.3 is 0 Å². The Hall–Kier alpha value is -0.550. The third kappa shape index (κ3) is 3.67. The lowest BCUT2D eigenvalue weighted by Crippen LogP contribution is -2.47. The zero-order valence-electron chi connectivity index (χ0n) is 10.7. The van der Waals surface area contributed by atoms with E-state index in [1.54, 1.807) is 0 Å². The third-order valence-electron chi connectivity index (χ3n) is 3.28. The highest BCUT2D eigenvalue weighted by Gasteiger charge is 2.33. The fraction of sp³-hybridized carbons (Fsp3) is 0.917. The first kappa shape index (κ1) is 13.4. The Morgan fingerprint density at radius 2 is 1.43 bits per heavy atom. The van der Waals surface area contributed by atoms with Crippen LogP contribution in [0.15, 0.2) is 0 Å². The van der Waals surface area contributed by atoms with Crippen molar-refractivity contribution in [3.8, 4) is 6.07 Å². The van der Waals surface area contributed by atoms with Gasteiger partial charge in [-0.3, -0.25) is 5.32 Å². The summed E-state index contributed by atoms with van der Waals surface area (Å²) in [4.78, 5) is 0. The van der Waals surface area contributed by atoms with Crippen LogP contribution >= 0.6 is 0 Å². The summed E-state index contributed by atoms with van der Waals surface area (Å²) in [7, 11) is 0. The first-order valence-corrected chi connectivity index (χ1v) is 5.18. The van der Waals surface area contributed by atoms with Gasteiger partial charge in [0.15, 0.2) is 0 Å². The zero-order chi connectivity index (χ0) is 11.6. The molecule has 82 valence electrons. The van der Waals surface area contributed by atoms with E-state index >= 15 is 0 Å². The normalized spacial score (nSPS) is 13.9. The molecule has 0 heterocycles. The average Bonchev–Trinajstić information content (AvgIpc) is 1.99. The summed E-state index contributed by atoms with van der Waals surface area (Å²) in [6.45, 7) is 15.8. The molecule has 1 N–H and O–H groups in total. The van der Waals surface area contributed by atoms with E-state index in [4.69, 9.17) is 5.26 Å². The van der Waals surface area contributed by atoms with Crippen LogP contribution in [0.25, 0.3) is 0 Å². The van der Waals surface area contributed by atoms with Crippen LogP contribution in [-0.2, 0) is 0 Å². The highest BCUT2D eigenvalue weighted by atomic mass is 15.0. The van der Waals surface area contributed by atoms with E-state index in [0.717, 1.165) is 6.54 Å². The van der Waals surface area contributed by atoms with Crippen LogP contribution in [0.1, 0.15) is 48.5 Å². The van der Waals surface area contributed by atoms with Gasteiger partial charge in [-0.05, 0) is 24.7 Å². The number of hydrogen-bond donors (Lipinski definition) is 1. The first-order chi connectivity index (χ1) is 6.02. The van der Waals surface area contributed by atoms with Crippen molar-refractivity contribution in [1.82, 2.24) is 5.32 Å². The molecule has 0 aliphatic heterocycles. The molecule has 0 aromatic carbocycles. The summed E-state index contributed by atoms with van der Waals surface area (Å²) >= 11 is 0. The molecular formula is C12H24N2. The van der Waals surface area contributed by atoms with E-state index in [1.165, 1.54) is 0 Å². The highest BCUT2D eigenvalue weighted by molar-refractivity contribution is 5.01. The van der Waals surface area contributed by atoms with Crippen molar-refractivity contribution in [2.24, 2.45) is 10.8 Å². The van der Waals surface area contributed by atoms with E-state index in [0.29, 0.717) is 0 Å². The predicted octanol–water partition coefficient (Wildman–Crippen LogP) is 2.95.